The Labute approximate surface area is 64.6 Å². The first-order valence-electron chi connectivity index (χ1n) is 3.18. The number of hydrogen-bond acceptors (Lipinski definition) is 3. The standard InChI is InChI=1S/C7H10N4/c8-3-1-2-6(9)7-10-4-5-11-7/h1-5H,8-9H2,(H,10,11)/b3-1-,6-2-. The molecule has 0 unspecified atom stereocenters. The molecular weight excluding hydrogens is 140 g/mol. The summed E-state index contributed by atoms with van der Waals surface area (Å²) in [7, 11) is 0. The molecule has 0 amide bonds. The van der Waals surface area contributed by atoms with Crippen LogP contribution in [0.2, 0.25) is 0 Å². The zero-order valence-electron chi connectivity index (χ0n) is 5.99. The highest BCUT2D eigenvalue weighted by Gasteiger charge is 1.94. The van der Waals surface area contributed by atoms with Crippen molar-refractivity contribution in [3.05, 3.63) is 36.6 Å². The van der Waals surface area contributed by atoms with Crippen molar-refractivity contribution < 1.29 is 0 Å². The molecule has 0 aliphatic carbocycles. The lowest BCUT2D eigenvalue weighted by atomic mass is 10.4. The molecule has 0 aliphatic rings. The molecule has 0 radical (unpaired) electrons. The van der Waals surface area contributed by atoms with Gasteiger partial charge in [-0.3, -0.25) is 0 Å². The number of H-pyrrole nitrogens is 1. The second kappa shape index (κ2) is 3.46. The highest BCUT2D eigenvalue weighted by molar-refractivity contribution is 5.57. The van der Waals surface area contributed by atoms with E-state index in [0.29, 0.717) is 11.5 Å². The molecular formula is C7H10N4. The zero-order chi connectivity index (χ0) is 8.10. The van der Waals surface area contributed by atoms with Gasteiger partial charge >= 0.3 is 0 Å². The Morgan fingerprint density at radius 3 is 3.00 bits per heavy atom. The van der Waals surface area contributed by atoms with Gasteiger partial charge in [-0.15, -0.1) is 0 Å². The highest BCUT2D eigenvalue weighted by atomic mass is 14.9. The van der Waals surface area contributed by atoms with E-state index in [4.69, 9.17) is 11.5 Å². The molecule has 0 saturated carbocycles. The lowest BCUT2D eigenvalue weighted by Gasteiger charge is -1.91. The SMILES string of the molecule is N/C=C\C=C(/N)c1ncc[nH]1. The third-order valence-corrected chi connectivity index (χ3v) is 1.16. The van der Waals surface area contributed by atoms with Crippen LogP contribution < -0.4 is 11.5 Å². The number of aromatic amines is 1. The van der Waals surface area contributed by atoms with Crippen LogP contribution >= 0.6 is 0 Å². The van der Waals surface area contributed by atoms with Crippen molar-refractivity contribution in [3.63, 3.8) is 0 Å². The van der Waals surface area contributed by atoms with Crippen LogP contribution in [0.5, 0.6) is 0 Å². The monoisotopic (exact) mass is 150 g/mol. The summed E-state index contributed by atoms with van der Waals surface area (Å²) in [5.74, 6) is 0.656. The van der Waals surface area contributed by atoms with Gasteiger partial charge in [0, 0.05) is 12.4 Å². The van der Waals surface area contributed by atoms with Gasteiger partial charge < -0.3 is 16.5 Å². The van der Waals surface area contributed by atoms with E-state index in [1.165, 1.54) is 6.20 Å². The fraction of sp³-hybridized carbons (Fsp3) is 0. The quantitative estimate of drug-likeness (QED) is 0.526. The first-order valence-corrected chi connectivity index (χ1v) is 3.18. The number of rotatable bonds is 2. The van der Waals surface area contributed by atoms with E-state index in [-0.39, 0.29) is 0 Å². The summed E-state index contributed by atoms with van der Waals surface area (Å²) in [5.41, 5.74) is 11.3. The second-order valence-corrected chi connectivity index (χ2v) is 1.94. The van der Waals surface area contributed by atoms with Crippen molar-refractivity contribution in [2.24, 2.45) is 11.5 Å². The molecule has 1 heterocycles. The van der Waals surface area contributed by atoms with Crippen molar-refractivity contribution in [1.29, 1.82) is 0 Å². The second-order valence-electron chi connectivity index (χ2n) is 1.94. The van der Waals surface area contributed by atoms with Crippen LogP contribution in [-0.4, -0.2) is 9.97 Å². The lowest BCUT2D eigenvalue weighted by molar-refractivity contribution is 1.22. The molecule has 1 rings (SSSR count). The summed E-state index contributed by atoms with van der Waals surface area (Å²) in [5, 5.41) is 0. The van der Waals surface area contributed by atoms with Crippen molar-refractivity contribution >= 4 is 5.70 Å². The summed E-state index contributed by atoms with van der Waals surface area (Å²) in [6, 6.07) is 0. The molecule has 0 bridgehead atoms. The fourth-order valence-electron chi connectivity index (χ4n) is 0.661. The molecule has 1 aromatic heterocycles. The molecule has 4 heteroatoms. The minimum absolute atomic E-state index is 0.566. The van der Waals surface area contributed by atoms with Crippen molar-refractivity contribution in [3.8, 4) is 0 Å². The van der Waals surface area contributed by atoms with Gasteiger partial charge in [0.2, 0.25) is 0 Å². The average molecular weight is 150 g/mol. The van der Waals surface area contributed by atoms with E-state index in [1.807, 2.05) is 0 Å². The van der Waals surface area contributed by atoms with E-state index < -0.39 is 0 Å². The minimum atomic E-state index is 0.566. The molecule has 0 saturated heterocycles. The van der Waals surface area contributed by atoms with Gasteiger partial charge in [-0.1, -0.05) is 0 Å². The topological polar surface area (TPSA) is 80.7 Å². The Morgan fingerprint density at radius 1 is 1.64 bits per heavy atom. The van der Waals surface area contributed by atoms with E-state index in [9.17, 15) is 0 Å². The van der Waals surface area contributed by atoms with Gasteiger partial charge in [-0.2, -0.15) is 0 Å². The van der Waals surface area contributed by atoms with Crippen molar-refractivity contribution in [1.82, 2.24) is 9.97 Å². The van der Waals surface area contributed by atoms with Gasteiger partial charge in [0.25, 0.3) is 0 Å². The third-order valence-electron chi connectivity index (χ3n) is 1.16. The maximum absolute atomic E-state index is 5.59. The molecule has 1 aromatic rings. The van der Waals surface area contributed by atoms with Gasteiger partial charge in [-0.25, -0.2) is 4.98 Å². The number of aromatic nitrogens is 2. The summed E-state index contributed by atoms with van der Waals surface area (Å²) in [6.45, 7) is 0. The summed E-state index contributed by atoms with van der Waals surface area (Å²) in [4.78, 5) is 6.81. The number of nitrogens with one attached hydrogen (secondary N) is 1. The van der Waals surface area contributed by atoms with E-state index in [1.54, 1.807) is 24.5 Å². The molecule has 0 aliphatic heterocycles. The highest BCUT2D eigenvalue weighted by Crippen LogP contribution is 1.99. The van der Waals surface area contributed by atoms with Crippen LogP contribution in [0.1, 0.15) is 5.82 Å². The Kier molecular flexibility index (Phi) is 2.32. The number of imidazole rings is 1. The van der Waals surface area contributed by atoms with Gasteiger partial charge in [0.15, 0.2) is 5.82 Å². The predicted octanol–water partition coefficient (Wildman–Crippen LogP) is 0.182. The van der Waals surface area contributed by atoms with E-state index in [0.717, 1.165) is 0 Å². The first kappa shape index (κ1) is 7.40. The van der Waals surface area contributed by atoms with Crippen LogP contribution in [0, 0.1) is 0 Å². The van der Waals surface area contributed by atoms with Crippen LogP contribution in [0.3, 0.4) is 0 Å². The Balaban J connectivity index is 2.77. The van der Waals surface area contributed by atoms with Crippen LogP contribution in [-0.2, 0) is 0 Å². The zero-order valence-corrected chi connectivity index (χ0v) is 5.99. The predicted molar refractivity (Wildman–Crippen MR) is 44.1 cm³/mol. The van der Waals surface area contributed by atoms with Crippen molar-refractivity contribution in [2.45, 2.75) is 0 Å². The molecule has 0 atom stereocenters. The van der Waals surface area contributed by atoms with Gasteiger partial charge in [0.05, 0.1) is 5.70 Å². The smallest absolute Gasteiger partial charge is 0.153 e. The Morgan fingerprint density at radius 2 is 2.45 bits per heavy atom. The molecule has 0 aromatic carbocycles. The average Bonchev–Trinajstić information content (AvgIpc) is 2.52. The van der Waals surface area contributed by atoms with Crippen LogP contribution in [0.25, 0.3) is 5.70 Å². The number of allylic oxidation sites excluding steroid dienone is 2. The van der Waals surface area contributed by atoms with Crippen molar-refractivity contribution in [2.75, 3.05) is 0 Å². The Hall–Kier alpha value is -1.71. The normalized spacial score (nSPS) is 12.5. The maximum Gasteiger partial charge on any atom is 0.153 e. The fourth-order valence-corrected chi connectivity index (χ4v) is 0.661. The first-order chi connectivity index (χ1) is 5.34. The molecule has 0 fully saturated rings. The van der Waals surface area contributed by atoms with Crippen LogP contribution in [0.15, 0.2) is 30.7 Å². The number of nitrogens with two attached hydrogens (primary N) is 2. The van der Waals surface area contributed by atoms with E-state index in [2.05, 4.69) is 9.97 Å². The summed E-state index contributed by atoms with van der Waals surface area (Å²) < 4.78 is 0. The minimum Gasteiger partial charge on any atom is -0.405 e. The molecule has 11 heavy (non-hydrogen) atoms. The molecule has 4 nitrogen and oxygen atoms in total. The largest absolute Gasteiger partial charge is 0.405 e. The number of nitrogens with zero attached hydrogens (tertiary/aromatic N) is 1. The van der Waals surface area contributed by atoms with Gasteiger partial charge in [-0.05, 0) is 18.4 Å². The summed E-state index contributed by atoms with van der Waals surface area (Å²) in [6.07, 6.45) is 8.09. The molecule has 5 N–H and O–H groups in total. The molecule has 0 spiro atoms. The number of hydrogen-bond donors (Lipinski definition) is 3. The Bertz CT molecular complexity index is 258. The van der Waals surface area contributed by atoms with Crippen LogP contribution in [0.4, 0.5) is 0 Å². The van der Waals surface area contributed by atoms with E-state index >= 15 is 0 Å². The molecule has 58 valence electrons. The van der Waals surface area contributed by atoms with Gasteiger partial charge in [0.1, 0.15) is 0 Å². The maximum atomic E-state index is 5.59. The lowest BCUT2D eigenvalue weighted by Crippen LogP contribution is -1.97. The summed E-state index contributed by atoms with van der Waals surface area (Å²) >= 11 is 0. The third kappa shape index (κ3) is 1.86.